The second-order valence-electron chi connectivity index (χ2n) is 7.69. The molecule has 1 atom stereocenters. The number of rotatable bonds is 11. The van der Waals surface area contributed by atoms with Gasteiger partial charge in [-0.1, -0.05) is 70.5 Å². The van der Waals surface area contributed by atoms with Crippen LogP contribution in [0.1, 0.15) is 18.1 Å². The van der Waals surface area contributed by atoms with Crippen molar-refractivity contribution in [2.45, 2.75) is 25.9 Å². The summed E-state index contributed by atoms with van der Waals surface area (Å²) in [4.78, 5) is 28.3. The molecule has 34 heavy (non-hydrogen) atoms. The molecule has 0 bridgehead atoms. The van der Waals surface area contributed by atoms with Crippen LogP contribution < -0.4 is 14.8 Å². The molecule has 0 radical (unpaired) electrons. The van der Waals surface area contributed by atoms with Gasteiger partial charge in [-0.15, -0.1) is 0 Å². The summed E-state index contributed by atoms with van der Waals surface area (Å²) in [6.45, 7) is 2.38. The molecule has 0 saturated heterocycles. The number of methoxy groups -OCH3 is 1. The van der Waals surface area contributed by atoms with Crippen molar-refractivity contribution < 1.29 is 19.1 Å². The van der Waals surface area contributed by atoms with Gasteiger partial charge < -0.3 is 19.7 Å². The van der Waals surface area contributed by atoms with Crippen molar-refractivity contribution in [2.75, 3.05) is 20.3 Å². The fourth-order valence-electron chi connectivity index (χ4n) is 3.64. The molecule has 0 aromatic heterocycles. The number of benzene rings is 3. The van der Waals surface area contributed by atoms with Gasteiger partial charge in [-0.2, -0.15) is 0 Å². The highest BCUT2D eigenvalue weighted by molar-refractivity contribution is 9.10. The third kappa shape index (κ3) is 7.09. The Morgan fingerprint density at radius 1 is 0.941 bits per heavy atom. The number of carbonyl (C=O) groups excluding carboxylic acids is 2. The Balaban J connectivity index is 1.90. The van der Waals surface area contributed by atoms with E-state index in [1.807, 2.05) is 73.7 Å². The van der Waals surface area contributed by atoms with E-state index in [0.717, 1.165) is 15.6 Å². The zero-order chi connectivity index (χ0) is 24.3. The van der Waals surface area contributed by atoms with Gasteiger partial charge in [0.25, 0.3) is 5.91 Å². The molecule has 0 spiro atoms. The molecule has 3 aromatic rings. The lowest BCUT2D eigenvalue weighted by Crippen LogP contribution is -2.51. The van der Waals surface area contributed by atoms with Gasteiger partial charge in [0, 0.05) is 24.0 Å². The van der Waals surface area contributed by atoms with E-state index >= 15 is 0 Å². The lowest BCUT2D eigenvalue weighted by Gasteiger charge is -2.31. The first kappa shape index (κ1) is 25.3. The lowest BCUT2D eigenvalue weighted by atomic mass is 10.0. The molecule has 2 amide bonds. The van der Waals surface area contributed by atoms with Crippen LogP contribution in [0.2, 0.25) is 0 Å². The molecule has 0 unspecified atom stereocenters. The minimum atomic E-state index is -0.699. The predicted molar refractivity (Wildman–Crippen MR) is 136 cm³/mol. The van der Waals surface area contributed by atoms with E-state index in [2.05, 4.69) is 21.2 Å². The van der Waals surface area contributed by atoms with Crippen LogP contribution in [-0.4, -0.2) is 43.0 Å². The molecule has 7 heteroatoms. The van der Waals surface area contributed by atoms with Crippen LogP contribution in [-0.2, 0) is 22.6 Å². The van der Waals surface area contributed by atoms with Gasteiger partial charge in [-0.25, -0.2) is 0 Å². The number of amides is 2. The minimum Gasteiger partial charge on any atom is -0.493 e. The topological polar surface area (TPSA) is 67.9 Å². The largest absolute Gasteiger partial charge is 0.493 e. The average molecular weight is 525 g/mol. The Kier molecular flexibility index (Phi) is 9.52. The van der Waals surface area contributed by atoms with Gasteiger partial charge in [0.1, 0.15) is 6.04 Å². The number of halogens is 1. The molecule has 0 aliphatic rings. The second kappa shape index (κ2) is 12.8. The van der Waals surface area contributed by atoms with Crippen LogP contribution in [0.5, 0.6) is 11.5 Å². The number of hydrogen-bond donors (Lipinski definition) is 1. The molecule has 0 saturated carbocycles. The molecule has 0 fully saturated rings. The second-order valence-corrected chi connectivity index (χ2v) is 8.61. The number of nitrogens with one attached hydrogen (secondary N) is 1. The zero-order valence-electron chi connectivity index (χ0n) is 19.4. The lowest BCUT2D eigenvalue weighted by molar-refractivity contribution is -0.142. The van der Waals surface area contributed by atoms with Crippen LogP contribution in [0.3, 0.4) is 0 Å². The first-order valence-corrected chi connectivity index (χ1v) is 11.9. The van der Waals surface area contributed by atoms with Gasteiger partial charge in [0.2, 0.25) is 5.91 Å². The molecule has 0 aliphatic heterocycles. The summed E-state index contributed by atoms with van der Waals surface area (Å²) >= 11 is 3.49. The molecular weight excluding hydrogens is 496 g/mol. The summed E-state index contributed by atoms with van der Waals surface area (Å²) in [5.74, 6) is 0.516. The highest BCUT2D eigenvalue weighted by atomic mass is 79.9. The summed E-state index contributed by atoms with van der Waals surface area (Å²) in [5.41, 5.74) is 1.87. The van der Waals surface area contributed by atoms with Crippen molar-refractivity contribution in [1.82, 2.24) is 10.2 Å². The van der Waals surface area contributed by atoms with Crippen LogP contribution >= 0.6 is 15.9 Å². The van der Waals surface area contributed by atoms with Gasteiger partial charge in [0.05, 0.1) is 7.11 Å². The predicted octanol–water partition coefficient (Wildman–Crippen LogP) is 4.61. The average Bonchev–Trinajstić information content (AvgIpc) is 2.85. The summed E-state index contributed by atoms with van der Waals surface area (Å²) in [6.07, 6.45) is 0.390. The van der Waals surface area contributed by atoms with Crippen LogP contribution in [0, 0.1) is 0 Å². The van der Waals surface area contributed by atoms with Crippen molar-refractivity contribution >= 4 is 27.7 Å². The normalized spacial score (nSPS) is 11.4. The van der Waals surface area contributed by atoms with Crippen LogP contribution in [0.4, 0.5) is 0 Å². The molecule has 178 valence electrons. The van der Waals surface area contributed by atoms with E-state index in [4.69, 9.17) is 9.47 Å². The minimum absolute atomic E-state index is 0.202. The highest BCUT2D eigenvalue weighted by Gasteiger charge is 2.30. The fraction of sp³-hybridized carbons (Fsp3) is 0.259. The van der Waals surface area contributed by atoms with Gasteiger partial charge in [0.15, 0.2) is 18.1 Å². The van der Waals surface area contributed by atoms with E-state index in [-0.39, 0.29) is 25.0 Å². The number of para-hydroxylation sites is 2. The molecule has 3 aromatic carbocycles. The van der Waals surface area contributed by atoms with E-state index in [0.29, 0.717) is 24.5 Å². The molecule has 6 nitrogen and oxygen atoms in total. The Morgan fingerprint density at radius 2 is 1.62 bits per heavy atom. The highest BCUT2D eigenvalue weighted by Crippen LogP contribution is 2.26. The van der Waals surface area contributed by atoms with E-state index in [1.54, 1.807) is 24.1 Å². The fourth-order valence-corrected chi connectivity index (χ4v) is 4.09. The molecule has 0 aliphatic carbocycles. The van der Waals surface area contributed by atoms with Gasteiger partial charge in [-0.05, 0) is 42.3 Å². The maximum Gasteiger partial charge on any atom is 0.261 e. The monoisotopic (exact) mass is 524 g/mol. The maximum absolute atomic E-state index is 13.5. The van der Waals surface area contributed by atoms with Crippen molar-refractivity contribution in [3.63, 3.8) is 0 Å². The van der Waals surface area contributed by atoms with Crippen molar-refractivity contribution in [1.29, 1.82) is 0 Å². The number of ether oxygens (including phenoxy) is 2. The summed E-state index contributed by atoms with van der Waals surface area (Å²) in [5, 5.41) is 2.89. The zero-order valence-corrected chi connectivity index (χ0v) is 21.0. The molecule has 1 N–H and O–H groups in total. The first-order chi connectivity index (χ1) is 16.5. The van der Waals surface area contributed by atoms with E-state index < -0.39 is 6.04 Å². The summed E-state index contributed by atoms with van der Waals surface area (Å²) < 4.78 is 12.0. The maximum atomic E-state index is 13.5. The number of likely N-dealkylation sites (N-methyl/N-ethyl adjacent to an activating group) is 1. The van der Waals surface area contributed by atoms with Crippen LogP contribution in [0.25, 0.3) is 0 Å². The van der Waals surface area contributed by atoms with E-state index in [1.165, 1.54) is 0 Å². The number of carbonyl (C=O) groups is 2. The Hall–Kier alpha value is -3.32. The smallest absolute Gasteiger partial charge is 0.261 e. The van der Waals surface area contributed by atoms with Gasteiger partial charge in [-0.3, -0.25) is 9.59 Å². The van der Waals surface area contributed by atoms with Crippen molar-refractivity contribution in [2.24, 2.45) is 0 Å². The Bertz CT molecular complexity index is 1090. The third-order valence-electron chi connectivity index (χ3n) is 5.28. The molecular formula is C27H29BrN2O4. The Morgan fingerprint density at radius 3 is 2.29 bits per heavy atom. The van der Waals surface area contributed by atoms with Crippen molar-refractivity contribution in [3.05, 3.63) is 94.5 Å². The molecule has 0 heterocycles. The van der Waals surface area contributed by atoms with Gasteiger partial charge >= 0.3 is 0 Å². The summed E-state index contributed by atoms with van der Waals surface area (Å²) in [6, 6.07) is 23.9. The SMILES string of the molecule is CCNC(=O)[C@H](Cc1ccccc1)N(Cc1cccc(Br)c1)C(=O)COc1ccccc1OC. The third-order valence-corrected chi connectivity index (χ3v) is 5.78. The van der Waals surface area contributed by atoms with E-state index in [9.17, 15) is 9.59 Å². The summed E-state index contributed by atoms with van der Waals surface area (Å²) in [7, 11) is 1.55. The quantitative estimate of drug-likeness (QED) is 0.397. The number of hydrogen-bond acceptors (Lipinski definition) is 4. The Labute approximate surface area is 209 Å². The first-order valence-electron chi connectivity index (χ1n) is 11.1. The standard InChI is InChI=1S/C27H29BrN2O4/c1-3-29-27(32)23(17-20-10-5-4-6-11-20)30(18-21-12-9-13-22(28)16-21)26(31)19-34-25-15-8-7-14-24(25)33-2/h4-16,23H,3,17-19H2,1-2H3,(H,29,32)/t23-/m0/s1. The number of nitrogens with zero attached hydrogens (tertiary/aromatic N) is 1. The van der Waals surface area contributed by atoms with Crippen LogP contribution in [0.15, 0.2) is 83.3 Å². The van der Waals surface area contributed by atoms with Crippen molar-refractivity contribution in [3.8, 4) is 11.5 Å². The molecule has 3 rings (SSSR count).